The molecule has 0 saturated carbocycles. The number of benzene rings is 1. The minimum absolute atomic E-state index is 0. The number of likely N-dealkylation sites (tertiary alicyclic amines) is 1. The highest BCUT2D eigenvalue weighted by atomic mass is 127. The summed E-state index contributed by atoms with van der Waals surface area (Å²) in [7, 11) is 1.81. The average Bonchev–Trinajstić information content (AvgIpc) is 3.21. The van der Waals surface area contributed by atoms with Crippen LogP contribution < -0.4 is 15.5 Å². The van der Waals surface area contributed by atoms with Crippen LogP contribution in [-0.4, -0.2) is 69.4 Å². The lowest BCUT2D eigenvalue weighted by atomic mass is 10.1. The first-order valence-electron chi connectivity index (χ1n) is 10.4. The lowest BCUT2D eigenvalue weighted by Crippen LogP contribution is -2.50. The fourth-order valence-electron chi connectivity index (χ4n) is 3.92. The van der Waals surface area contributed by atoms with E-state index < -0.39 is 0 Å². The summed E-state index contributed by atoms with van der Waals surface area (Å²) in [6, 6.07) is 10.9. The van der Waals surface area contributed by atoms with Gasteiger partial charge in [0.1, 0.15) is 0 Å². The zero-order valence-electron chi connectivity index (χ0n) is 17.5. The van der Waals surface area contributed by atoms with E-state index >= 15 is 0 Å². The van der Waals surface area contributed by atoms with Crippen LogP contribution in [0.15, 0.2) is 35.3 Å². The second-order valence-corrected chi connectivity index (χ2v) is 7.49. The number of ether oxygens (including phenoxy) is 1. The third kappa shape index (κ3) is 6.94. The molecule has 0 aliphatic carbocycles. The molecule has 1 aromatic rings. The van der Waals surface area contributed by atoms with Gasteiger partial charge in [0.25, 0.3) is 0 Å². The van der Waals surface area contributed by atoms with Gasteiger partial charge >= 0.3 is 6.09 Å². The van der Waals surface area contributed by atoms with E-state index in [0.29, 0.717) is 18.6 Å². The summed E-state index contributed by atoms with van der Waals surface area (Å²) >= 11 is 0. The van der Waals surface area contributed by atoms with E-state index in [-0.39, 0.29) is 30.1 Å². The first kappa shape index (κ1) is 23.6. The van der Waals surface area contributed by atoms with Gasteiger partial charge in [-0.05, 0) is 44.2 Å². The monoisotopic (exact) mass is 515 g/mol. The van der Waals surface area contributed by atoms with Crippen molar-refractivity contribution in [1.82, 2.24) is 15.5 Å². The van der Waals surface area contributed by atoms with Crippen molar-refractivity contribution >= 4 is 41.7 Å². The second-order valence-electron chi connectivity index (χ2n) is 7.49. The fourth-order valence-corrected chi connectivity index (χ4v) is 3.92. The number of hydrogen-bond acceptors (Lipinski definition) is 4. The van der Waals surface area contributed by atoms with Gasteiger partial charge in [0, 0.05) is 51.5 Å². The van der Waals surface area contributed by atoms with Crippen molar-refractivity contribution in [2.45, 2.75) is 32.2 Å². The van der Waals surface area contributed by atoms with Crippen molar-refractivity contribution < 1.29 is 9.53 Å². The molecule has 7 nitrogen and oxygen atoms in total. The van der Waals surface area contributed by atoms with Crippen molar-refractivity contribution in [3.63, 3.8) is 0 Å². The molecule has 0 radical (unpaired) electrons. The van der Waals surface area contributed by atoms with Crippen LogP contribution in [0.1, 0.15) is 26.2 Å². The standard InChI is InChI=1S/C21H33N5O2.HI/c1-3-28-21(27)25-13-10-18(11-14-25)24-20(22-2)23-15-17-9-12-26(16-17)19-7-5-4-6-8-19;/h4-8,17-18H,3,9-16H2,1-2H3,(H2,22,23,24);1H. The number of amides is 1. The lowest BCUT2D eigenvalue weighted by molar-refractivity contribution is 0.0963. The summed E-state index contributed by atoms with van der Waals surface area (Å²) in [4.78, 5) is 20.4. The maximum Gasteiger partial charge on any atom is 0.409 e. The van der Waals surface area contributed by atoms with E-state index in [4.69, 9.17) is 4.74 Å². The van der Waals surface area contributed by atoms with E-state index in [1.54, 1.807) is 4.90 Å². The van der Waals surface area contributed by atoms with Gasteiger partial charge in [-0.15, -0.1) is 24.0 Å². The molecular weight excluding hydrogens is 481 g/mol. The molecule has 1 aromatic carbocycles. The number of nitrogens with zero attached hydrogens (tertiary/aromatic N) is 3. The number of halogens is 1. The zero-order valence-corrected chi connectivity index (χ0v) is 19.8. The molecule has 2 N–H and O–H groups in total. The molecule has 0 spiro atoms. The molecule has 1 atom stereocenters. The Morgan fingerprint density at radius 1 is 1.17 bits per heavy atom. The van der Waals surface area contributed by atoms with Crippen LogP contribution in [0.4, 0.5) is 10.5 Å². The number of guanidine groups is 1. The Balaban J connectivity index is 0.00000300. The Hall–Kier alpha value is -1.71. The third-order valence-corrected chi connectivity index (χ3v) is 5.55. The van der Waals surface area contributed by atoms with Gasteiger partial charge in [-0.3, -0.25) is 4.99 Å². The topological polar surface area (TPSA) is 69.2 Å². The number of piperidine rings is 1. The van der Waals surface area contributed by atoms with Crippen molar-refractivity contribution in [3.05, 3.63) is 30.3 Å². The molecule has 2 aliphatic heterocycles. The summed E-state index contributed by atoms with van der Waals surface area (Å²) in [5, 5.41) is 7.00. The molecule has 2 aliphatic rings. The van der Waals surface area contributed by atoms with Gasteiger partial charge in [0.2, 0.25) is 0 Å². The van der Waals surface area contributed by atoms with Crippen LogP contribution >= 0.6 is 24.0 Å². The summed E-state index contributed by atoms with van der Waals surface area (Å²) in [6.07, 6.45) is 2.80. The van der Waals surface area contributed by atoms with Crippen LogP contribution in [0, 0.1) is 5.92 Å². The van der Waals surface area contributed by atoms with Crippen LogP contribution in [0.2, 0.25) is 0 Å². The SMILES string of the molecule is CCOC(=O)N1CCC(NC(=NC)NCC2CCN(c3ccccc3)C2)CC1.I. The minimum atomic E-state index is -0.201. The van der Waals surface area contributed by atoms with Crippen LogP contribution in [0.5, 0.6) is 0 Å². The van der Waals surface area contributed by atoms with Crippen molar-refractivity contribution in [3.8, 4) is 0 Å². The maximum absolute atomic E-state index is 11.8. The Kier molecular flexibility index (Phi) is 9.83. The normalized spacial score (nSPS) is 20.2. The molecule has 162 valence electrons. The molecule has 3 rings (SSSR count). The first-order valence-corrected chi connectivity index (χ1v) is 10.4. The van der Waals surface area contributed by atoms with Gasteiger partial charge < -0.3 is 25.2 Å². The van der Waals surface area contributed by atoms with Gasteiger partial charge in [-0.1, -0.05) is 18.2 Å². The maximum atomic E-state index is 11.8. The molecule has 8 heteroatoms. The highest BCUT2D eigenvalue weighted by Crippen LogP contribution is 2.23. The van der Waals surface area contributed by atoms with Crippen molar-refractivity contribution in [2.24, 2.45) is 10.9 Å². The van der Waals surface area contributed by atoms with Crippen LogP contribution in [-0.2, 0) is 4.74 Å². The number of carbonyl (C=O) groups excluding carboxylic acids is 1. The fraction of sp³-hybridized carbons (Fsp3) is 0.619. The van der Waals surface area contributed by atoms with Gasteiger partial charge in [0.05, 0.1) is 6.61 Å². The molecular formula is C21H34IN5O2. The molecule has 1 amide bonds. The molecule has 0 aromatic heterocycles. The number of aliphatic imine (C=N–C) groups is 1. The Morgan fingerprint density at radius 3 is 2.55 bits per heavy atom. The second kappa shape index (κ2) is 12.1. The minimum Gasteiger partial charge on any atom is -0.450 e. The Morgan fingerprint density at radius 2 is 1.90 bits per heavy atom. The van der Waals surface area contributed by atoms with Crippen molar-refractivity contribution in [2.75, 3.05) is 51.3 Å². The van der Waals surface area contributed by atoms with Crippen molar-refractivity contribution in [1.29, 1.82) is 0 Å². The van der Waals surface area contributed by atoms with E-state index in [1.165, 1.54) is 12.1 Å². The van der Waals surface area contributed by atoms with Crippen LogP contribution in [0.3, 0.4) is 0 Å². The summed E-state index contributed by atoms with van der Waals surface area (Å²) in [5.74, 6) is 1.47. The number of para-hydroxylation sites is 1. The number of carbonyl (C=O) groups is 1. The molecule has 29 heavy (non-hydrogen) atoms. The number of nitrogens with one attached hydrogen (secondary N) is 2. The average molecular weight is 515 g/mol. The quantitative estimate of drug-likeness (QED) is 0.359. The van der Waals surface area contributed by atoms with E-state index in [1.807, 2.05) is 14.0 Å². The summed E-state index contributed by atoms with van der Waals surface area (Å²) in [5.41, 5.74) is 1.31. The highest BCUT2D eigenvalue weighted by Gasteiger charge is 2.25. The highest BCUT2D eigenvalue weighted by molar-refractivity contribution is 14.0. The predicted octanol–water partition coefficient (Wildman–Crippen LogP) is 2.92. The zero-order chi connectivity index (χ0) is 19.8. The van der Waals surface area contributed by atoms with E-state index in [9.17, 15) is 4.79 Å². The largest absolute Gasteiger partial charge is 0.450 e. The molecule has 1 unspecified atom stereocenters. The smallest absolute Gasteiger partial charge is 0.409 e. The van der Waals surface area contributed by atoms with E-state index in [0.717, 1.165) is 51.5 Å². The van der Waals surface area contributed by atoms with Gasteiger partial charge in [-0.25, -0.2) is 4.79 Å². The number of hydrogen-bond donors (Lipinski definition) is 2. The summed E-state index contributed by atoms with van der Waals surface area (Å²) in [6.45, 7) is 6.82. The predicted molar refractivity (Wildman–Crippen MR) is 128 cm³/mol. The molecule has 2 saturated heterocycles. The Bertz CT molecular complexity index is 650. The molecule has 2 heterocycles. The number of rotatable bonds is 5. The third-order valence-electron chi connectivity index (χ3n) is 5.55. The van der Waals surface area contributed by atoms with Gasteiger partial charge in [-0.2, -0.15) is 0 Å². The van der Waals surface area contributed by atoms with Gasteiger partial charge in [0.15, 0.2) is 5.96 Å². The van der Waals surface area contributed by atoms with Crippen LogP contribution in [0.25, 0.3) is 0 Å². The lowest BCUT2D eigenvalue weighted by Gasteiger charge is -2.32. The molecule has 0 bridgehead atoms. The van der Waals surface area contributed by atoms with E-state index in [2.05, 4.69) is 50.9 Å². The first-order chi connectivity index (χ1) is 13.7. The molecule has 2 fully saturated rings. The Labute approximate surface area is 191 Å². The summed E-state index contributed by atoms with van der Waals surface area (Å²) < 4.78 is 5.08. The number of anilines is 1.